The molecule has 7 heteroatoms. The number of hydrogen-bond acceptors (Lipinski definition) is 4. The lowest BCUT2D eigenvalue weighted by atomic mass is 10.2. The molecule has 0 aromatic carbocycles. The number of carbonyl (C=O) groups excluding carboxylic acids is 2. The summed E-state index contributed by atoms with van der Waals surface area (Å²) in [4.78, 5) is 27.1. The zero-order valence-electron chi connectivity index (χ0n) is 10.5. The van der Waals surface area contributed by atoms with Crippen LogP contribution in [-0.4, -0.2) is 27.0 Å². The van der Waals surface area contributed by atoms with Crippen molar-refractivity contribution >= 4 is 17.5 Å². The van der Waals surface area contributed by atoms with Gasteiger partial charge in [0.15, 0.2) is 0 Å². The number of carbonyl (C=O) groups is 2. The molecule has 0 atom stereocenters. The molecule has 0 saturated heterocycles. The van der Waals surface area contributed by atoms with Crippen LogP contribution in [0.15, 0.2) is 18.5 Å². The highest BCUT2D eigenvalue weighted by atomic mass is 16.2. The van der Waals surface area contributed by atoms with Gasteiger partial charge in [0.2, 0.25) is 5.91 Å². The van der Waals surface area contributed by atoms with Gasteiger partial charge in [-0.15, -0.1) is 0 Å². The van der Waals surface area contributed by atoms with E-state index >= 15 is 0 Å². The standard InChI is InChI=1S/C12H13N5O2.2H2/c1-6-9(5-15-17-6)12(19)16-10-3-8(11(13)18)4-14-7(10)2;;/h3-5H,1-2H3,(H2,13,18)(H,15,17)(H,16,19);2*1H. The van der Waals surface area contributed by atoms with Gasteiger partial charge in [0, 0.05) is 14.7 Å². The largest absolute Gasteiger partial charge is 0.366 e. The van der Waals surface area contributed by atoms with Crippen LogP contribution in [0.3, 0.4) is 0 Å². The molecule has 0 bridgehead atoms. The molecule has 2 aromatic rings. The van der Waals surface area contributed by atoms with Crippen molar-refractivity contribution in [2.45, 2.75) is 13.8 Å². The van der Waals surface area contributed by atoms with Crippen LogP contribution in [0.25, 0.3) is 0 Å². The Kier molecular flexibility index (Phi) is 3.28. The Morgan fingerprint density at radius 3 is 2.68 bits per heavy atom. The summed E-state index contributed by atoms with van der Waals surface area (Å²) in [5, 5.41) is 9.14. The molecular weight excluding hydrogens is 246 g/mol. The first-order chi connectivity index (χ1) is 8.99. The van der Waals surface area contributed by atoms with Gasteiger partial charge in [0.05, 0.1) is 28.7 Å². The van der Waals surface area contributed by atoms with Crippen molar-refractivity contribution in [2.24, 2.45) is 5.73 Å². The van der Waals surface area contributed by atoms with Crippen LogP contribution in [0, 0.1) is 13.8 Å². The summed E-state index contributed by atoms with van der Waals surface area (Å²) in [5.74, 6) is -0.916. The molecule has 2 heterocycles. The number of aromatic amines is 1. The summed E-state index contributed by atoms with van der Waals surface area (Å²) in [6, 6.07) is 1.50. The second kappa shape index (κ2) is 4.89. The zero-order valence-corrected chi connectivity index (χ0v) is 10.5. The van der Waals surface area contributed by atoms with Gasteiger partial charge in [0.25, 0.3) is 5.91 Å². The molecule has 0 spiro atoms. The highest BCUT2D eigenvalue weighted by Gasteiger charge is 2.13. The summed E-state index contributed by atoms with van der Waals surface area (Å²) in [7, 11) is 0. The molecule has 102 valence electrons. The average Bonchev–Trinajstić information content (AvgIpc) is 2.78. The van der Waals surface area contributed by atoms with Gasteiger partial charge in [0.1, 0.15) is 0 Å². The minimum absolute atomic E-state index is 0. The van der Waals surface area contributed by atoms with E-state index in [2.05, 4.69) is 20.5 Å². The van der Waals surface area contributed by atoms with Crippen LogP contribution in [0.1, 0.15) is 35.0 Å². The Hall–Kier alpha value is -2.70. The Labute approximate surface area is 112 Å². The third-order valence-electron chi connectivity index (χ3n) is 2.69. The fourth-order valence-electron chi connectivity index (χ4n) is 1.56. The van der Waals surface area contributed by atoms with E-state index in [1.807, 2.05) is 0 Å². The average molecular weight is 263 g/mol. The van der Waals surface area contributed by atoms with E-state index in [-0.39, 0.29) is 14.3 Å². The molecule has 2 aromatic heterocycles. The van der Waals surface area contributed by atoms with Gasteiger partial charge in [-0.1, -0.05) is 0 Å². The van der Waals surface area contributed by atoms with Gasteiger partial charge in [-0.2, -0.15) is 5.10 Å². The predicted octanol–water partition coefficient (Wildman–Crippen LogP) is 1.26. The van der Waals surface area contributed by atoms with Gasteiger partial charge in [-0.05, 0) is 19.9 Å². The van der Waals surface area contributed by atoms with Crippen molar-refractivity contribution in [2.75, 3.05) is 5.32 Å². The molecule has 0 saturated carbocycles. The number of rotatable bonds is 3. The zero-order chi connectivity index (χ0) is 14.0. The van der Waals surface area contributed by atoms with Crippen molar-refractivity contribution in [3.8, 4) is 0 Å². The number of nitrogens with zero attached hydrogens (tertiary/aromatic N) is 2. The maximum absolute atomic E-state index is 12.0. The van der Waals surface area contributed by atoms with E-state index in [0.717, 1.165) is 0 Å². The molecule has 7 nitrogen and oxygen atoms in total. The van der Waals surface area contributed by atoms with Crippen LogP contribution in [0.4, 0.5) is 5.69 Å². The number of nitrogens with one attached hydrogen (secondary N) is 2. The van der Waals surface area contributed by atoms with E-state index in [9.17, 15) is 9.59 Å². The maximum atomic E-state index is 12.0. The van der Waals surface area contributed by atoms with E-state index in [4.69, 9.17) is 5.73 Å². The van der Waals surface area contributed by atoms with E-state index in [0.29, 0.717) is 22.6 Å². The van der Waals surface area contributed by atoms with E-state index in [1.54, 1.807) is 13.8 Å². The Morgan fingerprint density at radius 2 is 2.11 bits per heavy atom. The van der Waals surface area contributed by atoms with Crippen LogP contribution >= 0.6 is 0 Å². The lowest BCUT2D eigenvalue weighted by Crippen LogP contribution is -2.16. The molecule has 0 unspecified atom stereocenters. The molecule has 0 radical (unpaired) electrons. The molecule has 0 aliphatic carbocycles. The molecular formula is C12H17N5O2. The fourth-order valence-corrected chi connectivity index (χ4v) is 1.56. The first-order valence-electron chi connectivity index (χ1n) is 5.57. The van der Waals surface area contributed by atoms with Crippen molar-refractivity contribution in [1.29, 1.82) is 0 Å². The summed E-state index contributed by atoms with van der Waals surface area (Å²) < 4.78 is 0. The molecule has 2 amide bonds. The molecule has 19 heavy (non-hydrogen) atoms. The normalized spacial score (nSPS) is 10.2. The Balaban J connectivity index is 0.00000200. The molecule has 0 fully saturated rings. The Bertz CT molecular complexity index is 657. The van der Waals surface area contributed by atoms with Crippen molar-refractivity contribution in [3.63, 3.8) is 0 Å². The minimum Gasteiger partial charge on any atom is -0.366 e. The molecule has 0 aliphatic heterocycles. The van der Waals surface area contributed by atoms with Gasteiger partial charge in [-0.3, -0.25) is 19.7 Å². The number of hydrogen-bond donors (Lipinski definition) is 3. The topological polar surface area (TPSA) is 114 Å². The summed E-state index contributed by atoms with van der Waals surface area (Å²) in [5.41, 5.74) is 7.55. The summed E-state index contributed by atoms with van der Waals surface area (Å²) in [6.07, 6.45) is 2.81. The van der Waals surface area contributed by atoms with Crippen molar-refractivity contribution < 1.29 is 12.4 Å². The highest BCUT2D eigenvalue weighted by molar-refractivity contribution is 6.05. The lowest BCUT2D eigenvalue weighted by molar-refractivity contribution is 0.0995. The smallest absolute Gasteiger partial charge is 0.259 e. The van der Waals surface area contributed by atoms with Gasteiger partial charge >= 0.3 is 0 Å². The maximum Gasteiger partial charge on any atom is 0.259 e. The second-order valence-corrected chi connectivity index (χ2v) is 4.08. The number of amides is 2. The first-order valence-corrected chi connectivity index (χ1v) is 5.57. The summed E-state index contributed by atoms with van der Waals surface area (Å²) >= 11 is 0. The quantitative estimate of drug-likeness (QED) is 0.773. The number of nitrogens with two attached hydrogens (primary N) is 1. The van der Waals surface area contributed by atoms with Gasteiger partial charge < -0.3 is 11.1 Å². The van der Waals surface area contributed by atoms with E-state index < -0.39 is 5.91 Å². The predicted molar refractivity (Wildman–Crippen MR) is 73.0 cm³/mol. The third-order valence-corrected chi connectivity index (χ3v) is 2.69. The molecule has 0 aliphatic rings. The van der Waals surface area contributed by atoms with Crippen LogP contribution in [-0.2, 0) is 0 Å². The number of pyridine rings is 1. The van der Waals surface area contributed by atoms with Crippen LogP contribution in [0.2, 0.25) is 0 Å². The fraction of sp³-hybridized carbons (Fsp3) is 0.167. The van der Waals surface area contributed by atoms with Crippen molar-refractivity contribution in [3.05, 3.63) is 41.0 Å². The monoisotopic (exact) mass is 263 g/mol. The lowest BCUT2D eigenvalue weighted by Gasteiger charge is -2.08. The van der Waals surface area contributed by atoms with Gasteiger partial charge in [-0.25, -0.2) is 0 Å². The number of aromatic nitrogens is 3. The van der Waals surface area contributed by atoms with Crippen molar-refractivity contribution in [1.82, 2.24) is 15.2 Å². The van der Waals surface area contributed by atoms with E-state index in [1.165, 1.54) is 18.5 Å². The van der Waals surface area contributed by atoms with Crippen LogP contribution < -0.4 is 11.1 Å². The Morgan fingerprint density at radius 1 is 1.37 bits per heavy atom. The highest BCUT2D eigenvalue weighted by Crippen LogP contribution is 2.15. The van der Waals surface area contributed by atoms with Crippen LogP contribution in [0.5, 0.6) is 0 Å². The molecule has 4 N–H and O–H groups in total. The first kappa shape index (κ1) is 12.7. The summed E-state index contributed by atoms with van der Waals surface area (Å²) in [6.45, 7) is 3.47. The minimum atomic E-state index is -0.595. The molecule has 2 rings (SSSR count). The number of aryl methyl sites for hydroxylation is 2. The number of primary amides is 1. The number of anilines is 1. The number of H-pyrrole nitrogens is 1. The SMILES string of the molecule is Cc1ncc(C(N)=O)cc1NC(=O)c1cn[nH]c1C.[HH].[HH]. The second-order valence-electron chi connectivity index (χ2n) is 4.08. The third kappa shape index (κ3) is 2.59.